The van der Waals surface area contributed by atoms with Crippen molar-refractivity contribution < 1.29 is 4.39 Å². The van der Waals surface area contributed by atoms with Crippen molar-refractivity contribution >= 4 is 0 Å². The highest BCUT2D eigenvalue weighted by molar-refractivity contribution is 5.25. The molecule has 0 aliphatic rings. The first-order valence-electron chi connectivity index (χ1n) is 5.07. The zero-order valence-corrected chi connectivity index (χ0v) is 8.98. The summed E-state index contributed by atoms with van der Waals surface area (Å²) in [5.74, 6) is -0.395. The summed E-state index contributed by atoms with van der Waals surface area (Å²) in [6.07, 6.45) is 1.23. The Bertz CT molecular complexity index is 560. The summed E-state index contributed by atoms with van der Waals surface area (Å²) in [7, 11) is 0. The Balaban J connectivity index is 2.38. The molecule has 2 rings (SSSR count). The van der Waals surface area contributed by atoms with Gasteiger partial charge in [0.05, 0.1) is 6.54 Å². The molecule has 0 spiro atoms. The van der Waals surface area contributed by atoms with E-state index in [1.54, 1.807) is 0 Å². The Morgan fingerprint density at radius 2 is 1.94 bits per heavy atom. The van der Waals surface area contributed by atoms with Gasteiger partial charge in [0, 0.05) is 12.3 Å². The van der Waals surface area contributed by atoms with Crippen LogP contribution in [0.25, 0.3) is 0 Å². The van der Waals surface area contributed by atoms with E-state index in [-0.39, 0.29) is 5.56 Å². The molecule has 0 atom stereocenters. The molecule has 82 valence electrons. The lowest BCUT2D eigenvalue weighted by Gasteiger charge is -2.08. The van der Waals surface area contributed by atoms with Crippen LogP contribution in [0.2, 0.25) is 0 Å². The molecule has 0 fully saturated rings. The average molecular weight is 217 g/mol. The molecular formula is C13H12FNO. The normalized spacial score (nSPS) is 10.4. The first-order chi connectivity index (χ1) is 7.66. The second-order valence-electron chi connectivity index (χ2n) is 3.74. The molecule has 0 amide bonds. The lowest BCUT2D eigenvalue weighted by Crippen LogP contribution is -2.19. The molecule has 16 heavy (non-hydrogen) atoms. The van der Waals surface area contributed by atoms with Crippen molar-refractivity contribution in [2.45, 2.75) is 13.5 Å². The van der Waals surface area contributed by atoms with Gasteiger partial charge in [-0.1, -0.05) is 24.3 Å². The van der Waals surface area contributed by atoms with Gasteiger partial charge in [-0.2, -0.15) is 0 Å². The highest BCUT2D eigenvalue weighted by Gasteiger charge is 2.01. The first kappa shape index (κ1) is 10.6. The van der Waals surface area contributed by atoms with Gasteiger partial charge in [-0.25, -0.2) is 4.39 Å². The van der Waals surface area contributed by atoms with Crippen molar-refractivity contribution in [2.75, 3.05) is 0 Å². The third kappa shape index (κ3) is 2.19. The fourth-order valence-corrected chi connectivity index (χ4v) is 1.60. The summed E-state index contributed by atoms with van der Waals surface area (Å²) >= 11 is 0. The maximum atomic E-state index is 13.0. The Kier molecular flexibility index (Phi) is 2.86. The summed E-state index contributed by atoms with van der Waals surface area (Å²) in [4.78, 5) is 11.5. The molecule has 0 aliphatic heterocycles. The molecule has 1 aromatic carbocycles. The van der Waals surface area contributed by atoms with E-state index in [1.165, 1.54) is 22.9 Å². The molecule has 1 aromatic heterocycles. The standard InChI is InChI=1S/C13H12FNO/c1-10-4-2-3-5-11(10)8-15-9-12(14)6-7-13(15)16/h2-7,9H,8H2,1H3. The molecule has 2 nitrogen and oxygen atoms in total. The second kappa shape index (κ2) is 4.31. The minimum Gasteiger partial charge on any atom is -0.308 e. The van der Waals surface area contributed by atoms with Crippen LogP contribution < -0.4 is 5.56 Å². The van der Waals surface area contributed by atoms with E-state index in [2.05, 4.69) is 0 Å². The number of aryl methyl sites for hydroxylation is 1. The van der Waals surface area contributed by atoms with Gasteiger partial charge in [-0.3, -0.25) is 4.79 Å². The topological polar surface area (TPSA) is 22.0 Å². The van der Waals surface area contributed by atoms with Crippen LogP contribution in [0.4, 0.5) is 4.39 Å². The maximum absolute atomic E-state index is 13.0. The lowest BCUT2D eigenvalue weighted by molar-refractivity contribution is 0.595. The zero-order valence-electron chi connectivity index (χ0n) is 8.98. The van der Waals surface area contributed by atoms with Gasteiger partial charge in [0.1, 0.15) is 5.82 Å². The van der Waals surface area contributed by atoms with Crippen molar-refractivity contribution in [3.05, 3.63) is 69.9 Å². The van der Waals surface area contributed by atoms with E-state index >= 15 is 0 Å². The fraction of sp³-hybridized carbons (Fsp3) is 0.154. The molecule has 0 saturated heterocycles. The predicted octanol–water partition coefficient (Wildman–Crippen LogP) is 2.34. The smallest absolute Gasteiger partial charge is 0.251 e. The third-order valence-electron chi connectivity index (χ3n) is 2.55. The van der Waals surface area contributed by atoms with Crippen molar-refractivity contribution in [1.82, 2.24) is 4.57 Å². The van der Waals surface area contributed by atoms with Crippen molar-refractivity contribution in [1.29, 1.82) is 0 Å². The molecule has 2 aromatic rings. The predicted molar refractivity (Wildman–Crippen MR) is 60.9 cm³/mol. The number of hydrogen-bond donors (Lipinski definition) is 0. The summed E-state index contributed by atoms with van der Waals surface area (Å²) in [5, 5.41) is 0. The van der Waals surface area contributed by atoms with Gasteiger partial charge in [0.2, 0.25) is 0 Å². The van der Waals surface area contributed by atoms with Crippen LogP contribution in [-0.4, -0.2) is 4.57 Å². The van der Waals surface area contributed by atoms with Gasteiger partial charge in [-0.05, 0) is 24.1 Å². The van der Waals surface area contributed by atoms with E-state index in [1.807, 2.05) is 31.2 Å². The lowest BCUT2D eigenvalue weighted by atomic mass is 10.1. The van der Waals surface area contributed by atoms with E-state index in [0.29, 0.717) is 6.54 Å². The molecular weight excluding hydrogens is 205 g/mol. The van der Waals surface area contributed by atoms with Crippen LogP contribution in [-0.2, 0) is 6.54 Å². The number of benzene rings is 1. The van der Waals surface area contributed by atoms with Crippen molar-refractivity contribution in [3.63, 3.8) is 0 Å². The van der Waals surface area contributed by atoms with E-state index in [4.69, 9.17) is 0 Å². The van der Waals surface area contributed by atoms with Crippen LogP contribution >= 0.6 is 0 Å². The molecule has 0 unspecified atom stereocenters. The largest absolute Gasteiger partial charge is 0.308 e. The molecule has 0 aliphatic carbocycles. The van der Waals surface area contributed by atoms with E-state index in [9.17, 15) is 9.18 Å². The Morgan fingerprint density at radius 1 is 1.19 bits per heavy atom. The summed E-state index contributed by atoms with van der Waals surface area (Å²) < 4.78 is 14.4. The molecule has 0 saturated carbocycles. The molecule has 0 N–H and O–H groups in total. The van der Waals surface area contributed by atoms with Gasteiger partial charge in [0.25, 0.3) is 5.56 Å². The Hall–Kier alpha value is -1.90. The second-order valence-corrected chi connectivity index (χ2v) is 3.74. The summed E-state index contributed by atoms with van der Waals surface area (Å²) in [5.41, 5.74) is 1.93. The highest BCUT2D eigenvalue weighted by atomic mass is 19.1. The number of hydrogen-bond acceptors (Lipinski definition) is 1. The van der Waals surface area contributed by atoms with Crippen LogP contribution in [0.3, 0.4) is 0 Å². The fourth-order valence-electron chi connectivity index (χ4n) is 1.60. The summed E-state index contributed by atoms with van der Waals surface area (Å²) in [6.45, 7) is 2.38. The number of pyridine rings is 1. The third-order valence-corrected chi connectivity index (χ3v) is 2.55. The van der Waals surface area contributed by atoms with E-state index in [0.717, 1.165) is 11.1 Å². The molecule has 1 heterocycles. The van der Waals surface area contributed by atoms with Crippen LogP contribution in [0.5, 0.6) is 0 Å². The van der Waals surface area contributed by atoms with Gasteiger partial charge in [0.15, 0.2) is 0 Å². The summed E-state index contributed by atoms with van der Waals surface area (Å²) in [6, 6.07) is 10.2. The number of nitrogens with zero attached hydrogens (tertiary/aromatic N) is 1. The minimum atomic E-state index is -0.395. The van der Waals surface area contributed by atoms with Gasteiger partial charge >= 0.3 is 0 Å². The van der Waals surface area contributed by atoms with Crippen LogP contribution in [0.15, 0.2) is 47.4 Å². The van der Waals surface area contributed by atoms with E-state index < -0.39 is 5.82 Å². The van der Waals surface area contributed by atoms with Crippen molar-refractivity contribution in [2.24, 2.45) is 0 Å². The Labute approximate surface area is 93.0 Å². The zero-order chi connectivity index (χ0) is 11.5. The van der Waals surface area contributed by atoms with Crippen molar-refractivity contribution in [3.8, 4) is 0 Å². The maximum Gasteiger partial charge on any atom is 0.251 e. The quantitative estimate of drug-likeness (QED) is 0.756. The monoisotopic (exact) mass is 217 g/mol. The SMILES string of the molecule is Cc1ccccc1Cn1cc(F)ccc1=O. The highest BCUT2D eigenvalue weighted by Crippen LogP contribution is 2.08. The molecule has 0 radical (unpaired) electrons. The van der Waals surface area contributed by atoms with Gasteiger partial charge < -0.3 is 4.57 Å². The molecule has 0 bridgehead atoms. The number of aromatic nitrogens is 1. The van der Waals surface area contributed by atoms with Crippen LogP contribution in [0.1, 0.15) is 11.1 Å². The minimum absolute atomic E-state index is 0.190. The van der Waals surface area contributed by atoms with Gasteiger partial charge in [-0.15, -0.1) is 0 Å². The average Bonchev–Trinajstić information content (AvgIpc) is 2.27. The number of rotatable bonds is 2. The number of halogens is 1. The first-order valence-corrected chi connectivity index (χ1v) is 5.07. The van der Waals surface area contributed by atoms with Crippen LogP contribution in [0, 0.1) is 12.7 Å². The molecule has 3 heteroatoms. The Morgan fingerprint density at radius 3 is 2.69 bits per heavy atom.